The van der Waals surface area contributed by atoms with Crippen LogP contribution in [0.2, 0.25) is 0 Å². The number of hydrogen-bond donors (Lipinski definition) is 3. The molecule has 3 rings (SSSR count). The number of benzene rings is 1. The third-order valence-corrected chi connectivity index (χ3v) is 5.99. The van der Waals surface area contributed by atoms with Crippen LogP contribution in [0.3, 0.4) is 0 Å². The second-order valence-corrected chi connectivity index (χ2v) is 8.24. The first-order valence-corrected chi connectivity index (χ1v) is 8.45. The van der Waals surface area contributed by atoms with E-state index in [0.29, 0.717) is 5.56 Å². The molecule has 0 aromatic heterocycles. The second-order valence-electron chi connectivity index (χ2n) is 6.47. The van der Waals surface area contributed by atoms with Gasteiger partial charge < -0.3 is 23.9 Å². The van der Waals surface area contributed by atoms with Gasteiger partial charge in [-0.05, 0) is 19.4 Å². The first-order valence-electron chi connectivity index (χ1n) is 7.58. The molecule has 4 N–H and O–H groups in total. The van der Waals surface area contributed by atoms with Crippen molar-refractivity contribution in [3.05, 3.63) is 35.9 Å². The van der Waals surface area contributed by atoms with Gasteiger partial charge in [-0.3, -0.25) is 9.59 Å². The standard InChI is InChI=1S/C16H19N3O4S.ClH.2Na.2H/c1-16(2)11(15(22)23)19-13(21)10(14(19)24-16)18-12(20)9(17)8-6-4-3-5-7-8;;;;;/h3-7,9-11,14H,17H2,1-2H3,(H,18,20)(H,22,23);1H;;;;/q;;2*+1;2*-1/t9-,10-,11+,14-;;;;;/m1...../s1. The zero-order valence-corrected chi connectivity index (χ0v) is 21.3. The van der Waals surface area contributed by atoms with Crippen LogP contribution in [0.1, 0.15) is 28.3 Å². The van der Waals surface area contributed by atoms with Crippen molar-refractivity contribution in [2.75, 3.05) is 0 Å². The number of nitrogens with zero attached hydrogens (tertiary/aromatic N) is 1. The fourth-order valence-electron chi connectivity index (χ4n) is 3.20. The van der Waals surface area contributed by atoms with Crippen molar-refractivity contribution < 1.29 is 81.5 Å². The van der Waals surface area contributed by atoms with Crippen molar-refractivity contribution in [1.82, 2.24) is 10.2 Å². The van der Waals surface area contributed by atoms with E-state index in [-0.39, 0.29) is 85.7 Å². The van der Waals surface area contributed by atoms with Crippen LogP contribution in [-0.4, -0.2) is 50.0 Å². The summed E-state index contributed by atoms with van der Waals surface area (Å²) in [5.41, 5.74) is 6.59. The minimum absolute atomic E-state index is 0. The summed E-state index contributed by atoms with van der Waals surface area (Å²) in [7, 11) is 0. The van der Waals surface area contributed by atoms with E-state index in [1.165, 1.54) is 16.7 Å². The molecule has 1 aromatic carbocycles. The van der Waals surface area contributed by atoms with E-state index in [1.807, 2.05) is 6.07 Å². The maximum Gasteiger partial charge on any atom is 1.00 e. The topological polar surface area (TPSA) is 113 Å². The molecule has 2 heterocycles. The second kappa shape index (κ2) is 10.3. The van der Waals surface area contributed by atoms with Gasteiger partial charge in [0.05, 0.1) is 0 Å². The Kier molecular flexibility index (Phi) is 10.4. The molecule has 2 saturated heterocycles. The number of rotatable bonds is 4. The van der Waals surface area contributed by atoms with Gasteiger partial charge in [0.2, 0.25) is 11.8 Å². The molecule has 0 spiro atoms. The molecular weight excluding hydrogens is 412 g/mol. The summed E-state index contributed by atoms with van der Waals surface area (Å²) >= 11 is 1.38. The van der Waals surface area contributed by atoms with Crippen LogP contribution < -0.4 is 70.2 Å². The van der Waals surface area contributed by atoms with Crippen molar-refractivity contribution in [2.45, 2.75) is 42.1 Å². The van der Waals surface area contributed by atoms with Crippen LogP contribution in [0.5, 0.6) is 0 Å². The number of carboxylic acids is 1. The fourth-order valence-corrected chi connectivity index (χ4v) is 4.83. The summed E-state index contributed by atoms with van der Waals surface area (Å²) in [5, 5.41) is 11.7. The Hall–Kier alpha value is 0.230. The number of nitrogens with two attached hydrogens (primary N) is 1. The summed E-state index contributed by atoms with van der Waals surface area (Å²) < 4.78 is -0.618. The quantitative estimate of drug-likeness (QED) is 0.324. The fraction of sp³-hybridized carbons (Fsp3) is 0.438. The Labute approximate surface area is 215 Å². The van der Waals surface area contributed by atoms with Crippen LogP contribution >= 0.6 is 24.2 Å². The number of carboxylic acid groups (broad SMARTS) is 1. The summed E-state index contributed by atoms with van der Waals surface area (Å²) in [4.78, 5) is 37.5. The number of carbonyl (C=O) groups is 3. The van der Waals surface area contributed by atoms with E-state index in [4.69, 9.17) is 5.73 Å². The average Bonchev–Trinajstić information content (AvgIpc) is 2.80. The van der Waals surface area contributed by atoms with Gasteiger partial charge in [0.1, 0.15) is 23.5 Å². The van der Waals surface area contributed by atoms with Gasteiger partial charge in [0, 0.05) is 4.75 Å². The summed E-state index contributed by atoms with van der Waals surface area (Å²) in [6.45, 7) is 3.58. The monoisotopic (exact) mass is 433 g/mol. The van der Waals surface area contributed by atoms with Gasteiger partial charge in [0.15, 0.2) is 0 Å². The minimum Gasteiger partial charge on any atom is -1.00 e. The van der Waals surface area contributed by atoms with Gasteiger partial charge in [-0.25, -0.2) is 4.79 Å². The maximum atomic E-state index is 12.3. The number of thioether (sulfide) groups is 1. The van der Waals surface area contributed by atoms with Crippen molar-refractivity contribution in [3.8, 4) is 0 Å². The van der Waals surface area contributed by atoms with Gasteiger partial charge in [-0.15, -0.1) is 24.2 Å². The van der Waals surface area contributed by atoms with Crippen LogP contribution in [-0.2, 0) is 14.4 Å². The molecule has 1 aromatic rings. The molecule has 2 aliphatic rings. The molecule has 27 heavy (non-hydrogen) atoms. The van der Waals surface area contributed by atoms with Crippen LogP contribution in [0.4, 0.5) is 0 Å². The average molecular weight is 434 g/mol. The zero-order chi connectivity index (χ0) is 17.6. The van der Waals surface area contributed by atoms with Crippen LogP contribution in [0.15, 0.2) is 30.3 Å². The summed E-state index contributed by atoms with van der Waals surface area (Å²) in [6, 6.07) is 6.38. The number of β-lactam (4-membered cyclic amide) rings is 1. The third-order valence-electron chi connectivity index (χ3n) is 4.41. The first-order chi connectivity index (χ1) is 11.2. The number of amides is 2. The molecule has 0 aliphatic carbocycles. The molecule has 0 radical (unpaired) electrons. The molecule has 7 nitrogen and oxygen atoms in total. The normalized spacial score (nSPS) is 25.5. The van der Waals surface area contributed by atoms with Crippen molar-refractivity contribution in [1.29, 1.82) is 0 Å². The van der Waals surface area contributed by atoms with E-state index >= 15 is 0 Å². The molecule has 0 unspecified atom stereocenters. The van der Waals surface area contributed by atoms with Crippen LogP contribution in [0.25, 0.3) is 0 Å². The van der Waals surface area contributed by atoms with Gasteiger partial charge in [-0.1, -0.05) is 30.3 Å². The Morgan fingerprint density at radius 2 is 1.85 bits per heavy atom. The Bertz CT molecular complexity index is 721. The molecule has 0 bridgehead atoms. The summed E-state index contributed by atoms with van der Waals surface area (Å²) in [6.07, 6.45) is 0. The molecule has 11 heteroatoms. The van der Waals surface area contributed by atoms with Gasteiger partial charge in [0.25, 0.3) is 0 Å². The third kappa shape index (κ3) is 5.05. The number of aliphatic carboxylic acids is 1. The predicted octanol–water partition coefficient (Wildman–Crippen LogP) is -5.03. The molecule has 2 amide bonds. The van der Waals surface area contributed by atoms with Crippen molar-refractivity contribution >= 4 is 42.0 Å². The van der Waals surface area contributed by atoms with Crippen molar-refractivity contribution in [2.24, 2.45) is 5.73 Å². The molecule has 2 fully saturated rings. The number of hydrogen-bond acceptors (Lipinski definition) is 5. The number of fused-ring (bicyclic) bond motifs is 1. The number of carbonyl (C=O) groups excluding carboxylic acids is 2. The smallest absolute Gasteiger partial charge is 1.00 e. The number of nitrogens with one attached hydrogen (secondary N) is 1. The number of halogens is 1. The first kappa shape index (κ1) is 27.2. The van der Waals surface area contributed by atoms with Crippen molar-refractivity contribution in [3.63, 3.8) is 0 Å². The van der Waals surface area contributed by atoms with E-state index in [1.54, 1.807) is 38.1 Å². The van der Waals surface area contributed by atoms with E-state index in [9.17, 15) is 19.5 Å². The Balaban J connectivity index is -0.00000135. The molecule has 140 valence electrons. The van der Waals surface area contributed by atoms with Gasteiger partial charge in [-0.2, -0.15) is 0 Å². The molecule has 0 saturated carbocycles. The van der Waals surface area contributed by atoms with E-state index in [2.05, 4.69) is 5.32 Å². The largest absolute Gasteiger partial charge is 1.00 e. The summed E-state index contributed by atoms with van der Waals surface area (Å²) in [5.74, 6) is -1.86. The van der Waals surface area contributed by atoms with E-state index < -0.39 is 34.7 Å². The van der Waals surface area contributed by atoms with Gasteiger partial charge >= 0.3 is 65.1 Å². The Morgan fingerprint density at radius 1 is 1.30 bits per heavy atom. The van der Waals surface area contributed by atoms with E-state index in [0.717, 1.165) is 0 Å². The molecule has 2 aliphatic heterocycles. The molecule has 4 atom stereocenters. The predicted molar refractivity (Wildman–Crippen MR) is 98.5 cm³/mol. The zero-order valence-electron chi connectivity index (χ0n) is 17.7. The molecular formula is C16H22ClN3Na2O4S. The SMILES string of the molecule is CC1(C)S[C@@H]2[C@H](NC(=O)[C@H](N)c3ccccc3)C(=O)N2[C@H]1C(=O)O.Cl.[H-].[H-].[Na+].[Na+]. The Morgan fingerprint density at radius 3 is 2.37 bits per heavy atom. The maximum absolute atomic E-state index is 12.3. The minimum atomic E-state index is -1.03. The van der Waals surface area contributed by atoms with Crippen LogP contribution in [0, 0.1) is 0 Å².